The van der Waals surface area contributed by atoms with Crippen LogP contribution in [-0.4, -0.2) is 12.0 Å². The van der Waals surface area contributed by atoms with E-state index in [-0.39, 0.29) is 5.91 Å². The Hall–Kier alpha value is -2.00. The minimum atomic E-state index is -0.609. The Labute approximate surface area is 149 Å². The van der Waals surface area contributed by atoms with Crippen LogP contribution in [0.1, 0.15) is 43.4 Å². The summed E-state index contributed by atoms with van der Waals surface area (Å²) in [6.07, 6.45) is -0.609. The summed E-state index contributed by atoms with van der Waals surface area (Å²) in [4.78, 5) is 12.5. The van der Waals surface area contributed by atoms with E-state index in [0.717, 1.165) is 22.4 Å². The molecule has 3 nitrogen and oxygen atoms in total. The van der Waals surface area contributed by atoms with E-state index in [1.54, 1.807) is 19.1 Å². The van der Waals surface area contributed by atoms with Crippen molar-refractivity contribution in [1.29, 1.82) is 0 Å². The van der Waals surface area contributed by atoms with Gasteiger partial charge >= 0.3 is 0 Å². The van der Waals surface area contributed by atoms with Gasteiger partial charge in [0.15, 0.2) is 6.10 Å². The van der Waals surface area contributed by atoms with Crippen LogP contribution in [-0.2, 0) is 4.79 Å². The number of benzene rings is 2. The quantitative estimate of drug-likeness (QED) is 0.778. The number of anilines is 1. The third-order valence-electron chi connectivity index (χ3n) is 3.92. The Balaban J connectivity index is 2.15. The lowest BCUT2D eigenvalue weighted by molar-refractivity contribution is -0.122. The van der Waals surface area contributed by atoms with Gasteiger partial charge < -0.3 is 10.1 Å². The van der Waals surface area contributed by atoms with Crippen LogP contribution >= 0.6 is 11.6 Å². The number of carbonyl (C=O) groups excluding carboxylic acids is 1. The summed E-state index contributed by atoms with van der Waals surface area (Å²) in [5.41, 5.74) is 3.86. The molecule has 2 aromatic rings. The highest BCUT2D eigenvalue weighted by molar-refractivity contribution is 6.31. The summed E-state index contributed by atoms with van der Waals surface area (Å²) in [7, 11) is 0. The van der Waals surface area contributed by atoms with Crippen LogP contribution in [0.3, 0.4) is 0 Å². The topological polar surface area (TPSA) is 38.3 Å². The molecule has 128 valence electrons. The summed E-state index contributed by atoms with van der Waals surface area (Å²) in [6, 6.07) is 11.5. The fraction of sp³-hybridized carbons (Fsp3) is 0.350. The molecule has 0 aliphatic heterocycles. The van der Waals surface area contributed by atoms with Crippen molar-refractivity contribution in [1.82, 2.24) is 0 Å². The average Bonchev–Trinajstić information content (AvgIpc) is 2.50. The van der Waals surface area contributed by atoms with Crippen LogP contribution in [0.5, 0.6) is 5.75 Å². The maximum absolute atomic E-state index is 12.5. The molecule has 0 heterocycles. The smallest absolute Gasteiger partial charge is 0.265 e. The van der Waals surface area contributed by atoms with E-state index < -0.39 is 6.10 Å². The normalized spacial score (nSPS) is 12.1. The number of nitrogens with one attached hydrogen (secondary N) is 1. The summed E-state index contributed by atoms with van der Waals surface area (Å²) < 4.78 is 5.95. The van der Waals surface area contributed by atoms with E-state index in [4.69, 9.17) is 16.3 Å². The number of hydrogen-bond donors (Lipinski definition) is 1. The Kier molecular flexibility index (Phi) is 5.89. The average molecular weight is 346 g/mol. The third-order valence-corrected chi connectivity index (χ3v) is 4.16. The maximum Gasteiger partial charge on any atom is 0.265 e. The van der Waals surface area contributed by atoms with Crippen LogP contribution in [0.4, 0.5) is 5.69 Å². The van der Waals surface area contributed by atoms with Crippen LogP contribution in [0.2, 0.25) is 5.02 Å². The molecule has 0 aromatic heterocycles. The van der Waals surface area contributed by atoms with E-state index in [2.05, 4.69) is 31.3 Å². The van der Waals surface area contributed by atoms with Gasteiger partial charge in [-0.3, -0.25) is 4.79 Å². The molecule has 1 N–H and O–H groups in total. The molecule has 0 fully saturated rings. The second kappa shape index (κ2) is 7.71. The number of rotatable bonds is 5. The molecule has 0 saturated carbocycles. The lowest BCUT2D eigenvalue weighted by Gasteiger charge is -2.20. The van der Waals surface area contributed by atoms with Gasteiger partial charge in [0.1, 0.15) is 5.75 Å². The molecule has 24 heavy (non-hydrogen) atoms. The summed E-state index contributed by atoms with van der Waals surface area (Å²) in [5, 5.41) is 3.47. The number of ether oxygens (including phenoxy) is 1. The van der Waals surface area contributed by atoms with Gasteiger partial charge in [0.05, 0.1) is 0 Å². The molecule has 2 rings (SSSR count). The summed E-state index contributed by atoms with van der Waals surface area (Å²) >= 11 is 6.00. The first-order chi connectivity index (χ1) is 11.3. The van der Waals surface area contributed by atoms with Gasteiger partial charge in [-0.25, -0.2) is 0 Å². The van der Waals surface area contributed by atoms with Crippen molar-refractivity contribution in [2.45, 2.75) is 46.6 Å². The van der Waals surface area contributed by atoms with Crippen LogP contribution in [0.15, 0.2) is 36.4 Å². The number of carbonyl (C=O) groups is 1. The molecule has 0 bridgehead atoms. The molecule has 0 spiro atoms. The van der Waals surface area contributed by atoms with Gasteiger partial charge in [-0.15, -0.1) is 0 Å². The van der Waals surface area contributed by atoms with E-state index in [9.17, 15) is 4.79 Å². The van der Waals surface area contributed by atoms with Gasteiger partial charge in [0.2, 0.25) is 0 Å². The molecule has 1 atom stereocenters. The second-order valence-electron chi connectivity index (χ2n) is 6.40. The highest BCUT2D eigenvalue weighted by atomic mass is 35.5. The SMILES string of the molecule is Cc1ccc(C(C)C)c(O[C@H](C)C(=O)Nc2cc(Cl)ccc2C)c1. The highest BCUT2D eigenvalue weighted by Gasteiger charge is 2.18. The summed E-state index contributed by atoms with van der Waals surface area (Å²) in [5.74, 6) is 0.887. The predicted octanol–water partition coefficient (Wildman–Crippen LogP) is 5.49. The fourth-order valence-electron chi connectivity index (χ4n) is 2.43. The van der Waals surface area contributed by atoms with E-state index in [1.807, 2.05) is 26.0 Å². The molecule has 4 heteroatoms. The first-order valence-corrected chi connectivity index (χ1v) is 8.50. The zero-order valence-electron chi connectivity index (χ0n) is 14.8. The second-order valence-corrected chi connectivity index (χ2v) is 6.84. The van der Waals surface area contributed by atoms with Crippen molar-refractivity contribution < 1.29 is 9.53 Å². The first kappa shape index (κ1) is 18.3. The molecular weight excluding hydrogens is 322 g/mol. The summed E-state index contributed by atoms with van der Waals surface area (Å²) in [6.45, 7) is 9.91. The first-order valence-electron chi connectivity index (χ1n) is 8.12. The lowest BCUT2D eigenvalue weighted by atomic mass is 10.0. The van der Waals surface area contributed by atoms with E-state index in [0.29, 0.717) is 16.6 Å². The molecule has 2 aromatic carbocycles. The van der Waals surface area contributed by atoms with Crippen molar-refractivity contribution in [2.75, 3.05) is 5.32 Å². The van der Waals surface area contributed by atoms with Gasteiger partial charge in [-0.1, -0.05) is 43.6 Å². The van der Waals surface area contributed by atoms with Crippen LogP contribution < -0.4 is 10.1 Å². The zero-order valence-corrected chi connectivity index (χ0v) is 15.6. The standard InChI is InChI=1S/C20H24ClNO2/c1-12(2)17-9-6-13(3)10-19(17)24-15(5)20(23)22-18-11-16(21)8-7-14(18)4/h6-12,15H,1-5H3,(H,22,23)/t15-/m1/s1. The Morgan fingerprint density at radius 1 is 1.08 bits per heavy atom. The van der Waals surface area contributed by atoms with Gasteiger partial charge in [-0.2, -0.15) is 0 Å². The van der Waals surface area contributed by atoms with E-state index in [1.165, 1.54) is 0 Å². The van der Waals surface area contributed by atoms with Gasteiger partial charge in [0.25, 0.3) is 5.91 Å². The van der Waals surface area contributed by atoms with Crippen molar-refractivity contribution in [3.05, 3.63) is 58.1 Å². The Bertz CT molecular complexity index is 740. The Morgan fingerprint density at radius 2 is 1.79 bits per heavy atom. The van der Waals surface area contributed by atoms with Crippen LogP contribution in [0.25, 0.3) is 0 Å². The maximum atomic E-state index is 12.5. The number of amides is 1. The lowest BCUT2D eigenvalue weighted by Crippen LogP contribution is -2.30. The molecule has 0 saturated heterocycles. The van der Waals surface area contributed by atoms with Gasteiger partial charge in [0, 0.05) is 10.7 Å². The minimum Gasteiger partial charge on any atom is -0.481 e. The van der Waals surface area contributed by atoms with Crippen molar-refractivity contribution in [3.63, 3.8) is 0 Å². The van der Waals surface area contributed by atoms with Crippen molar-refractivity contribution in [3.8, 4) is 5.75 Å². The fourth-order valence-corrected chi connectivity index (χ4v) is 2.60. The van der Waals surface area contributed by atoms with Crippen molar-refractivity contribution >= 4 is 23.2 Å². The number of aryl methyl sites for hydroxylation is 2. The van der Waals surface area contributed by atoms with Crippen molar-refractivity contribution in [2.24, 2.45) is 0 Å². The molecule has 0 aliphatic carbocycles. The molecule has 0 unspecified atom stereocenters. The number of halogens is 1. The minimum absolute atomic E-state index is 0.198. The molecule has 1 amide bonds. The molecule has 0 aliphatic rings. The van der Waals surface area contributed by atoms with E-state index >= 15 is 0 Å². The highest BCUT2D eigenvalue weighted by Crippen LogP contribution is 2.28. The third kappa shape index (κ3) is 4.51. The van der Waals surface area contributed by atoms with Crippen LogP contribution in [0, 0.1) is 13.8 Å². The Morgan fingerprint density at radius 3 is 2.46 bits per heavy atom. The number of hydrogen-bond acceptors (Lipinski definition) is 2. The largest absolute Gasteiger partial charge is 0.481 e. The molecular formula is C20H24ClNO2. The monoisotopic (exact) mass is 345 g/mol. The van der Waals surface area contributed by atoms with Gasteiger partial charge in [-0.05, 0) is 61.6 Å². The molecule has 0 radical (unpaired) electrons. The zero-order chi connectivity index (χ0) is 17.9. The predicted molar refractivity (Wildman–Crippen MR) is 100 cm³/mol.